The van der Waals surface area contributed by atoms with Crippen LogP contribution in [0.1, 0.15) is 22.3 Å². The van der Waals surface area contributed by atoms with E-state index >= 15 is 0 Å². The average molecular weight is 382 g/mol. The number of carboxylic acids is 1. The van der Waals surface area contributed by atoms with Crippen LogP contribution in [0, 0.1) is 11.3 Å². The second kappa shape index (κ2) is 7.59. The van der Waals surface area contributed by atoms with Crippen molar-refractivity contribution >= 4 is 11.9 Å². The second-order valence-corrected chi connectivity index (χ2v) is 7.33. The fourth-order valence-corrected chi connectivity index (χ4v) is 3.96. The molecule has 7 nitrogen and oxygen atoms in total. The highest BCUT2D eigenvalue weighted by Crippen LogP contribution is 2.42. The van der Waals surface area contributed by atoms with E-state index in [0.29, 0.717) is 44.2 Å². The van der Waals surface area contributed by atoms with Gasteiger partial charge in [-0.1, -0.05) is 30.3 Å². The lowest BCUT2D eigenvalue weighted by Gasteiger charge is -2.33. The van der Waals surface area contributed by atoms with Gasteiger partial charge in [0.15, 0.2) is 0 Å². The molecular weight excluding hydrogens is 360 g/mol. The van der Waals surface area contributed by atoms with Gasteiger partial charge in [-0.05, 0) is 18.1 Å². The molecule has 1 N–H and O–H groups in total. The third-order valence-corrected chi connectivity index (χ3v) is 5.63. The molecule has 0 saturated carbocycles. The maximum atomic E-state index is 12.9. The quantitative estimate of drug-likeness (QED) is 0.853. The first-order chi connectivity index (χ1) is 13.6. The molecule has 4 rings (SSSR count). The molecule has 2 atom stereocenters. The van der Waals surface area contributed by atoms with Gasteiger partial charge in [0.2, 0.25) is 5.88 Å². The minimum atomic E-state index is -0.903. The molecule has 2 aliphatic heterocycles. The van der Waals surface area contributed by atoms with Gasteiger partial charge in [-0.25, -0.2) is 4.98 Å². The van der Waals surface area contributed by atoms with Crippen LogP contribution >= 0.6 is 0 Å². The average Bonchev–Trinajstić information content (AvgIpc) is 3.14. The van der Waals surface area contributed by atoms with Crippen LogP contribution in [0.4, 0.5) is 0 Å². The van der Waals surface area contributed by atoms with Gasteiger partial charge in [0.05, 0.1) is 17.6 Å². The van der Waals surface area contributed by atoms with Crippen molar-refractivity contribution in [1.82, 2.24) is 9.88 Å². The predicted octanol–water partition coefficient (Wildman–Crippen LogP) is 2.22. The van der Waals surface area contributed by atoms with Crippen LogP contribution < -0.4 is 4.74 Å². The Balaban J connectivity index is 1.42. The zero-order valence-corrected chi connectivity index (χ0v) is 15.4. The number of likely N-dealkylation sites (tertiary alicyclic amines) is 1. The lowest BCUT2D eigenvalue weighted by atomic mass is 9.74. The minimum Gasteiger partial charge on any atom is -0.481 e. The number of fused-ring (bicyclic) bond motifs is 1. The Bertz CT molecular complexity index is 855. The molecule has 0 bridgehead atoms. The summed E-state index contributed by atoms with van der Waals surface area (Å²) in [5, 5.41) is 9.74. The van der Waals surface area contributed by atoms with E-state index in [4.69, 9.17) is 9.47 Å². The van der Waals surface area contributed by atoms with E-state index in [1.165, 1.54) is 6.20 Å². The summed E-state index contributed by atoms with van der Waals surface area (Å²) in [7, 11) is 0. The summed E-state index contributed by atoms with van der Waals surface area (Å²) in [6.07, 6.45) is 1.91. The van der Waals surface area contributed by atoms with Crippen molar-refractivity contribution in [3.05, 3.63) is 59.8 Å². The summed E-state index contributed by atoms with van der Waals surface area (Å²) in [6, 6.07) is 13.1. The van der Waals surface area contributed by atoms with Crippen molar-refractivity contribution in [3.63, 3.8) is 0 Å². The lowest BCUT2D eigenvalue weighted by molar-refractivity contribution is -0.157. The molecule has 3 heterocycles. The Morgan fingerprint density at radius 1 is 1.25 bits per heavy atom. The fourth-order valence-electron chi connectivity index (χ4n) is 3.96. The van der Waals surface area contributed by atoms with Gasteiger partial charge in [-0.3, -0.25) is 9.59 Å². The molecule has 1 aromatic heterocycles. The number of carboxylic acid groups (broad SMARTS) is 1. The number of hydrogen-bond donors (Lipinski definition) is 1. The van der Waals surface area contributed by atoms with E-state index in [1.54, 1.807) is 17.0 Å². The number of benzene rings is 1. The molecule has 2 saturated heterocycles. The maximum Gasteiger partial charge on any atom is 0.311 e. The molecule has 7 heteroatoms. The summed E-state index contributed by atoms with van der Waals surface area (Å²) in [4.78, 5) is 30.6. The smallest absolute Gasteiger partial charge is 0.311 e. The van der Waals surface area contributed by atoms with Crippen LogP contribution in [0.25, 0.3) is 0 Å². The van der Waals surface area contributed by atoms with Gasteiger partial charge >= 0.3 is 5.97 Å². The first kappa shape index (κ1) is 18.4. The van der Waals surface area contributed by atoms with E-state index in [-0.39, 0.29) is 18.4 Å². The van der Waals surface area contributed by atoms with Crippen molar-refractivity contribution in [3.8, 4) is 5.88 Å². The predicted molar refractivity (Wildman–Crippen MR) is 99.9 cm³/mol. The molecule has 1 aromatic carbocycles. The standard InChI is InChI=1S/C21H22N2O5/c24-19(23-11-17-13-27-9-8-21(17,14-23)20(25)26)16-6-7-18(22-10-16)28-12-15-4-2-1-3-5-15/h1-7,10,17H,8-9,11-14H2,(H,25,26)/t17-,21+/m0/s1. The number of pyridine rings is 1. The van der Waals surface area contributed by atoms with Crippen LogP contribution in [0.15, 0.2) is 48.7 Å². The van der Waals surface area contributed by atoms with Crippen LogP contribution in [0.3, 0.4) is 0 Å². The van der Waals surface area contributed by atoms with E-state index in [1.807, 2.05) is 30.3 Å². The van der Waals surface area contributed by atoms with Gasteiger partial charge in [-0.15, -0.1) is 0 Å². The zero-order valence-electron chi connectivity index (χ0n) is 15.4. The number of aromatic nitrogens is 1. The van der Waals surface area contributed by atoms with Crippen molar-refractivity contribution in [2.45, 2.75) is 13.0 Å². The Hall–Kier alpha value is -2.93. The van der Waals surface area contributed by atoms with E-state index in [0.717, 1.165) is 5.56 Å². The van der Waals surface area contributed by atoms with Crippen LogP contribution in [0.5, 0.6) is 5.88 Å². The first-order valence-corrected chi connectivity index (χ1v) is 9.32. The molecule has 2 aliphatic rings. The molecule has 0 unspecified atom stereocenters. The fraction of sp³-hybridized carbons (Fsp3) is 0.381. The lowest BCUT2D eigenvalue weighted by Crippen LogP contribution is -2.45. The number of nitrogens with zero attached hydrogens (tertiary/aromatic N) is 2. The van der Waals surface area contributed by atoms with Gasteiger partial charge in [0.1, 0.15) is 6.61 Å². The summed E-state index contributed by atoms with van der Waals surface area (Å²) in [5.41, 5.74) is 0.553. The van der Waals surface area contributed by atoms with E-state index in [9.17, 15) is 14.7 Å². The number of ether oxygens (including phenoxy) is 2. The van der Waals surface area contributed by atoms with Gasteiger partial charge in [0.25, 0.3) is 5.91 Å². The number of carbonyl (C=O) groups excluding carboxylic acids is 1. The van der Waals surface area contributed by atoms with Gasteiger partial charge in [-0.2, -0.15) is 0 Å². The minimum absolute atomic E-state index is 0.177. The largest absolute Gasteiger partial charge is 0.481 e. The van der Waals surface area contributed by atoms with Crippen molar-refractivity contribution in [2.75, 3.05) is 26.3 Å². The molecule has 0 aliphatic carbocycles. The molecule has 0 radical (unpaired) electrons. The SMILES string of the molecule is O=C(c1ccc(OCc2ccccc2)nc1)N1C[C@H]2COCC[C@@]2(C(=O)O)C1. The molecule has 2 aromatic rings. The Morgan fingerprint density at radius 2 is 2.07 bits per heavy atom. The van der Waals surface area contributed by atoms with Crippen molar-refractivity contribution in [2.24, 2.45) is 11.3 Å². The van der Waals surface area contributed by atoms with Crippen molar-refractivity contribution < 1.29 is 24.2 Å². The first-order valence-electron chi connectivity index (χ1n) is 9.32. The summed E-state index contributed by atoms with van der Waals surface area (Å²) >= 11 is 0. The highest BCUT2D eigenvalue weighted by Gasteiger charge is 2.54. The monoisotopic (exact) mass is 382 g/mol. The van der Waals surface area contributed by atoms with Gasteiger partial charge < -0.3 is 19.5 Å². The third-order valence-electron chi connectivity index (χ3n) is 5.63. The highest BCUT2D eigenvalue weighted by molar-refractivity contribution is 5.95. The number of aliphatic carboxylic acids is 1. The highest BCUT2D eigenvalue weighted by atomic mass is 16.5. The number of amides is 1. The molecule has 28 heavy (non-hydrogen) atoms. The number of rotatable bonds is 5. The Kier molecular flexibility index (Phi) is 5.00. The van der Waals surface area contributed by atoms with Crippen LogP contribution in [0.2, 0.25) is 0 Å². The number of carbonyl (C=O) groups is 2. The van der Waals surface area contributed by atoms with Crippen LogP contribution in [-0.4, -0.2) is 53.2 Å². The Labute approximate surface area is 162 Å². The number of hydrogen-bond acceptors (Lipinski definition) is 5. The normalized spacial score (nSPS) is 23.9. The van der Waals surface area contributed by atoms with Crippen LogP contribution in [-0.2, 0) is 16.1 Å². The zero-order chi connectivity index (χ0) is 19.6. The summed E-state index contributed by atoms with van der Waals surface area (Å²) < 4.78 is 11.1. The molecule has 1 amide bonds. The second-order valence-electron chi connectivity index (χ2n) is 7.33. The summed E-state index contributed by atoms with van der Waals surface area (Å²) in [5.74, 6) is -0.800. The molecule has 0 spiro atoms. The van der Waals surface area contributed by atoms with E-state index in [2.05, 4.69) is 4.98 Å². The van der Waals surface area contributed by atoms with Crippen molar-refractivity contribution in [1.29, 1.82) is 0 Å². The third kappa shape index (κ3) is 3.45. The molecule has 2 fully saturated rings. The molecule has 146 valence electrons. The summed E-state index contributed by atoms with van der Waals surface area (Å²) in [6.45, 7) is 1.79. The van der Waals surface area contributed by atoms with E-state index < -0.39 is 11.4 Å². The van der Waals surface area contributed by atoms with Gasteiger partial charge in [0, 0.05) is 37.9 Å². The topological polar surface area (TPSA) is 89.0 Å². The molecular formula is C21H22N2O5. The Morgan fingerprint density at radius 3 is 2.75 bits per heavy atom. The maximum absolute atomic E-state index is 12.9.